The van der Waals surface area contributed by atoms with E-state index in [0.717, 1.165) is 36.1 Å². The summed E-state index contributed by atoms with van der Waals surface area (Å²) in [5.41, 5.74) is 5.64. The Labute approximate surface area is 353 Å². The van der Waals surface area contributed by atoms with Crippen molar-refractivity contribution in [3.63, 3.8) is 0 Å². The number of hydrogen-bond acceptors (Lipinski definition) is 8. The van der Waals surface area contributed by atoms with Gasteiger partial charge < -0.3 is 30.1 Å². The van der Waals surface area contributed by atoms with E-state index in [4.69, 9.17) is 42.6 Å². The predicted octanol–water partition coefficient (Wildman–Crippen LogP) is 8.44. The number of rotatable bonds is 11. The number of carboxylic acid groups (broad SMARTS) is 1. The number of aromatic nitrogens is 2. The molecule has 3 atom stereocenters. The number of methoxy groups -OCH3 is 1. The molecule has 0 saturated carbocycles. The topological polar surface area (TPSA) is 163 Å². The van der Waals surface area contributed by atoms with Gasteiger partial charge in [0.1, 0.15) is 5.60 Å². The van der Waals surface area contributed by atoms with Crippen LogP contribution < -0.4 is 15.4 Å². The van der Waals surface area contributed by atoms with Gasteiger partial charge in [-0.3, -0.25) is 19.5 Å². The lowest BCUT2D eigenvalue weighted by Crippen LogP contribution is -2.46. The number of carbonyl (C=O) groups excluding carboxylic acids is 3. The van der Waals surface area contributed by atoms with Crippen molar-refractivity contribution in [2.24, 2.45) is 0 Å². The van der Waals surface area contributed by atoms with Crippen LogP contribution in [0, 0.1) is 0 Å². The van der Waals surface area contributed by atoms with E-state index in [9.17, 15) is 24.3 Å². The van der Waals surface area contributed by atoms with Crippen LogP contribution in [0.1, 0.15) is 82.2 Å². The van der Waals surface area contributed by atoms with Gasteiger partial charge in [0.15, 0.2) is 0 Å². The fourth-order valence-electron chi connectivity index (χ4n) is 8.10. The molecule has 1 aliphatic carbocycles. The van der Waals surface area contributed by atoms with E-state index < -0.39 is 17.8 Å². The number of pyridine rings is 2. The average molecular weight is 844 g/mol. The maximum atomic E-state index is 13.7. The highest BCUT2D eigenvalue weighted by Gasteiger charge is 2.36. The summed E-state index contributed by atoms with van der Waals surface area (Å²) in [5.74, 6) is 0.160. The minimum absolute atomic E-state index is 0.0109. The Morgan fingerprint density at radius 1 is 0.797 bits per heavy atom. The number of carbonyl (C=O) groups is 4. The number of nitrogens with zero attached hydrogens (tertiary/aromatic N) is 4. The lowest BCUT2D eigenvalue weighted by Gasteiger charge is -2.37. The molecule has 59 heavy (non-hydrogen) atoms. The first kappa shape index (κ1) is 41.7. The van der Waals surface area contributed by atoms with Crippen LogP contribution in [-0.4, -0.2) is 86.8 Å². The second-order valence-electron chi connectivity index (χ2n) is 16.2. The molecule has 4 heterocycles. The molecule has 3 N–H and O–H groups in total. The minimum atomic E-state index is -1.11. The zero-order valence-corrected chi connectivity index (χ0v) is 35.0. The van der Waals surface area contributed by atoms with Gasteiger partial charge in [0.25, 0.3) is 0 Å². The first-order valence-electron chi connectivity index (χ1n) is 19.9. The van der Waals surface area contributed by atoms with E-state index in [1.54, 1.807) is 17.0 Å². The van der Waals surface area contributed by atoms with Gasteiger partial charge in [-0.2, -0.15) is 0 Å². The molecule has 310 valence electrons. The fourth-order valence-corrected chi connectivity index (χ4v) is 8.75. The van der Waals surface area contributed by atoms with Crippen LogP contribution in [0.25, 0.3) is 33.6 Å². The summed E-state index contributed by atoms with van der Waals surface area (Å²) >= 11 is 14.4. The van der Waals surface area contributed by atoms with Crippen LogP contribution in [0.2, 0.25) is 10.0 Å². The second kappa shape index (κ2) is 17.4. The highest BCUT2D eigenvalue weighted by molar-refractivity contribution is 6.39. The third kappa shape index (κ3) is 9.42. The van der Waals surface area contributed by atoms with Crippen LogP contribution >= 0.6 is 23.2 Å². The van der Waals surface area contributed by atoms with Crippen molar-refractivity contribution >= 4 is 47.2 Å². The van der Waals surface area contributed by atoms with Crippen LogP contribution in [0.3, 0.4) is 0 Å². The molecule has 7 rings (SSSR count). The van der Waals surface area contributed by atoms with Crippen molar-refractivity contribution in [3.05, 3.63) is 87.5 Å². The number of benzene rings is 2. The van der Waals surface area contributed by atoms with Gasteiger partial charge in [-0.05, 0) is 76.6 Å². The summed E-state index contributed by atoms with van der Waals surface area (Å²) in [6, 6.07) is 18.2. The van der Waals surface area contributed by atoms with Crippen molar-refractivity contribution < 1.29 is 33.8 Å². The van der Waals surface area contributed by atoms with E-state index >= 15 is 0 Å². The maximum absolute atomic E-state index is 13.7. The van der Waals surface area contributed by atoms with E-state index in [2.05, 4.69) is 10.6 Å². The number of amides is 4. The summed E-state index contributed by atoms with van der Waals surface area (Å²) in [5, 5.41) is 16.6. The summed E-state index contributed by atoms with van der Waals surface area (Å²) in [6.07, 6.45) is 2.80. The molecular formula is C44H48Cl2N6O7. The summed E-state index contributed by atoms with van der Waals surface area (Å²) in [7, 11) is 1.48. The molecule has 15 heteroatoms. The van der Waals surface area contributed by atoms with Gasteiger partial charge in [-0.1, -0.05) is 65.7 Å². The van der Waals surface area contributed by atoms with Gasteiger partial charge in [-0.15, -0.1) is 0 Å². The lowest BCUT2D eigenvalue weighted by atomic mass is 9.89. The van der Waals surface area contributed by atoms with E-state index in [1.807, 2.05) is 69.3 Å². The number of halogens is 2. The minimum Gasteiger partial charge on any atom is -0.481 e. The van der Waals surface area contributed by atoms with E-state index in [0.29, 0.717) is 75.9 Å². The Bertz CT molecular complexity index is 2280. The van der Waals surface area contributed by atoms with Crippen LogP contribution in [0.4, 0.5) is 9.59 Å². The zero-order chi connectivity index (χ0) is 42.0. The largest absolute Gasteiger partial charge is 0.481 e. The number of aryl methyl sites for hydroxylation is 1. The molecular weight excluding hydrogens is 795 g/mol. The zero-order valence-electron chi connectivity index (χ0n) is 33.5. The van der Waals surface area contributed by atoms with Crippen LogP contribution in [0.5, 0.6) is 5.88 Å². The van der Waals surface area contributed by atoms with Gasteiger partial charge in [0, 0.05) is 71.5 Å². The smallest absolute Gasteiger partial charge is 0.410 e. The Balaban J connectivity index is 1.15. The molecule has 2 aliphatic heterocycles. The highest BCUT2D eigenvalue weighted by Crippen LogP contribution is 2.43. The predicted molar refractivity (Wildman–Crippen MR) is 224 cm³/mol. The second-order valence-corrected chi connectivity index (χ2v) is 17.0. The first-order chi connectivity index (χ1) is 28.2. The molecule has 2 saturated heterocycles. The Morgan fingerprint density at radius 3 is 1.93 bits per heavy atom. The molecule has 13 nitrogen and oxygen atoms in total. The number of fused-ring (bicyclic) bond motifs is 1. The van der Waals surface area contributed by atoms with Crippen molar-refractivity contribution in [3.8, 4) is 39.5 Å². The standard InChI is InChI=1S/C44H48Cl2N6O7/c1-44(2,3)59-43(57)52(24-27-16-21-38(54)48-27)36-13-7-12-33-30(36)17-19-34(49-33)31-10-5-8-28(39(31)45)29-9-6-11-32(40(29)46)35-18-14-25(41(50-35)58-4)22-51(42(55)56)23-26-15-20-37(53)47-26/h5-6,8-11,14,17-19,26-27,36H,7,12-13,15-16,20-24H2,1-4H3,(H,47,53)(H,48,54)(H,55,56). The molecule has 3 aliphatic rings. The molecule has 4 amide bonds. The third-order valence-corrected chi connectivity index (χ3v) is 11.7. The molecule has 3 unspecified atom stereocenters. The van der Waals surface area contributed by atoms with Gasteiger partial charge in [-0.25, -0.2) is 14.6 Å². The molecule has 2 aromatic heterocycles. The van der Waals surface area contributed by atoms with Gasteiger partial charge in [0.05, 0.1) is 41.1 Å². The van der Waals surface area contributed by atoms with Crippen molar-refractivity contribution in [2.75, 3.05) is 20.2 Å². The van der Waals surface area contributed by atoms with E-state index in [1.165, 1.54) is 12.0 Å². The SMILES string of the molecule is COc1nc(-c2cccc(-c3cccc(-c4ccc5c(n4)CCCC5N(CC4CCC(=O)N4)C(=O)OC(C)(C)C)c3Cl)c2Cl)ccc1CN(CC1CCC(=O)N1)C(=O)O. The molecule has 0 radical (unpaired) electrons. The normalized spacial score (nSPS) is 18.8. The van der Waals surface area contributed by atoms with Gasteiger partial charge in [0.2, 0.25) is 17.7 Å². The van der Waals surface area contributed by atoms with Crippen LogP contribution in [-0.2, 0) is 27.3 Å². The van der Waals surface area contributed by atoms with Gasteiger partial charge >= 0.3 is 12.2 Å². The highest BCUT2D eigenvalue weighted by atomic mass is 35.5. The van der Waals surface area contributed by atoms with E-state index in [-0.39, 0.29) is 48.9 Å². The van der Waals surface area contributed by atoms with Crippen molar-refractivity contribution in [1.82, 2.24) is 30.4 Å². The van der Waals surface area contributed by atoms with Crippen LogP contribution in [0.15, 0.2) is 60.7 Å². The van der Waals surface area contributed by atoms with Crippen molar-refractivity contribution in [2.45, 2.75) is 96.0 Å². The number of nitrogens with one attached hydrogen (secondary N) is 2. The quantitative estimate of drug-likeness (QED) is 0.135. The fraction of sp³-hybridized carbons (Fsp3) is 0.409. The molecule has 0 bridgehead atoms. The number of ether oxygens (including phenoxy) is 2. The summed E-state index contributed by atoms with van der Waals surface area (Å²) < 4.78 is 11.5. The number of hydrogen-bond donors (Lipinski definition) is 3. The molecule has 0 spiro atoms. The Morgan fingerprint density at radius 2 is 1.37 bits per heavy atom. The molecule has 4 aromatic rings. The lowest BCUT2D eigenvalue weighted by molar-refractivity contribution is -0.120. The van der Waals surface area contributed by atoms with Crippen molar-refractivity contribution in [1.29, 1.82) is 0 Å². The molecule has 2 aromatic carbocycles. The Hall–Kier alpha value is -5.40. The summed E-state index contributed by atoms with van der Waals surface area (Å²) in [4.78, 5) is 62.4. The first-order valence-corrected chi connectivity index (χ1v) is 20.6. The third-order valence-electron chi connectivity index (χ3n) is 10.9. The average Bonchev–Trinajstić information content (AvgIpc) is 3.82. The monoisotopic (exact) mass is 842 g/mol. The molecule has 2 fully saturated rings. The maximum Gasteiger partial charge on any atom is 0.410 e. The Kier molecular flexibility index (Phi) is 12.3. The summed E-state index contributed by atoms with van der Waals surface area (Å²) in [6.45, 7) is 6.05.